The lowest BCUT2D eigenvalue weighted by atomic mass is 10.00. The van der Waals surface area contributed by atoms with E-state index in [2.05, 4.69) is 15.9 Å². The minimum Gasteiger partial charge on any atom is -0.324 e. The average Bonchev–Trinajstić information content (AvgIpc) is 2.32. The van der Waals surface area contributed by atoms with Crippen LogP contribution in [0.2, 0.25) is 0 Å². The van der Waals surface area contributed by atoms with Crippen molar-refractivity contribution in [3.05, 3.63) is 69.9 Å². The molecule has 3 heteroatoms. The Morgan fingerprint density at radius 1 is 1.12 bits per heavy atom. The topological polar surface area (TPSA) is 26.0 Å². The van der Waals surface area contributed by atoms with Gasteiger partial charge in [-0.3, -0.25) is 0 Å². The predicted molar refractivity (Wildman–Crippen MR) is 71.2 cm³/mol. The van der Waals surface area contributed by atoms with Crippen molar-refractivity contribution < 1.29 is 4.39 Å². The van der Waals surface area contributed by atoms with Crippen LogP contribution in [0, 0.1) is 5.82 Å². The van der Waals surface area contributed by atoms with Gasteiger partial charge in [0, 0.05) is 10.5 Å². The zero-order chi connectivity index (χ0) is 12.3. The molecule has 0 radical (unpaired) electrons. The van der Waals surface area contributed by atoms with Gasteiger partial charge >= 0.3 is 0 Å². The van der Waals surface area contributed by atoms with Crippen LogP contribution in [0.25, 0.3) is 0 Å². The molecular weight excluding hydrogens is 281 g/mol. The van der Waals surface area contributed by atoms with E-state index in [1.165, 1.54) is 12.1 Å². The number of nitrogens with two attached hydrogens (primary N) is 1. The number of rotatable bonds is 3. The first kappa shape index (κ1) is 12.3. The second-order valence-electron chi connectivity index (χ2n) is 3.99. The van der Waals surface area contributed by atoms with Crippen molar-refractivity contribution in [3.8, 4) is 0 Å². The molecule has 0 saturated heterocycles. The van der Waals surface area contributed by atoms with Gasteiger partial charge in [-0.2, -0.15) is 0 Å². The second kappa shape index (κ2) is 5.43. The molecule has 0 spiro atoms. The zero-order valence-corrected chi connectivity index (χ0v) is 10.8. The third-order valence-electron chi connectivity index (χ3n) is 2.65. The maximum atomic E-state index is 12.8. The summed E-state index contributed by atoms with van der Waals surface area (Å²) in [6.45, 7) is 0. The van der Waals surface area contributed by atoms with Gasteiger partial charge in [0.25, 0.3) is 0 Å². The third kappa shape index (κ3) is 3.38. The van der Waals surface area contributed by atoms with Crippen molar-refractivity contribution in [1.82, 2.24) is 0 Å². The fourth-order valence-corrected chi connectivity index (χ4v) is 2.15. The van der Waals surface area contributed by atoms with Crippen LogP contribution in [0.4, 0.5) is 4.39 Å². The molecule has 0 aliphatic rings. The highest BCUT2D eigenvalue weighted by atomic mass is 79.9. The van der Waals surface area contributed by atoms with E-state index in [4.69, 9.17) is 5.73 Å². The summed E-state index contributed by atoms with van der Waals surface area (Å²) in [6.07, 6.45) is 0.705. The summed E-state index contributed by atoms with van der Waals surface area (Å²) in [5.74, 6) is -0.218. The summed E-state index contributed by atoms with van der Waals surface area (Å²) in [4.78, 5) is 0. The highest BCUT2D eigenvalue weighted by Crippen LogP contribution is 2.20. The van der Waals surface area contributed by atoms with Crippen molar-refractivity contribution in [1.29, 1.82) is 0 Å². The van der Waals surface area contributed by atoms with E-state index in [1.807, 2.05) is 24.3 Å². The van der Waals surface area contributed by atoms with E-state index in [9.17, 15) is 4.39 Å². The molecule has 1 unspecified atom stereocenters. The van der Waals surface area contributed by atoms with Crippen molar-refractivity contribution in [2.75, 3.05) is 0 Å². The molecular formula is C14H13BrFN. The van der Waals surface area contributed by atoms with Gasteiger partial charge in [-0.25, -0.2) is 4.39 Å². The Hall–Kier alpha value is -1.19. The molecule has 2 N–H and O–H groups in total. The highest BCUT2D eigenvalue weighted by molar-refractivity contribution is 9.10. The quantitative estimate of drug-likeness (QED) is 0.914. The molecule has 1 nitrogen and oxygen atoms in total. The Labute approximate surface area is 109 Å². The van der Waals surface area contributed by atoms with Gasteiger partial charge < -0.3 is 5.73 Å². The molecule has 0 bridgehead atoms. The summed E-state index contributed by atoms with van der Waals surface area (Å²) in [5, 5.41) is 0. The van der Waals surface area contributed by atoms with Crippen LogP contribution in [0.15, 0.2) is 53.0 Å². The SMILES string of the molecule is NC(Cc1ccc(F)cc1)c1cccc(Br)c1. The maximum absolute atomic E-state index is 12.8. The van der Waals surface area contributed by atoms with Gasteiger partial charge in [-0.05, 0) is 41.8 Å². The number of hydrogen-bond donors (Lipinski definition) is 1. The van der Waals surface area contributed by atoms with Crippen molar-refractivity contribution in [2.24, 2.45) is 5.73 Å². The van der Waals surface area contributed by atoms with E-state index < -0.39 is 0 Å². The van der Waals surface area contributed by atoms with Crippen molar-refractivity contribution >= 4 is 15.9 Å². The standard InChI is InChI=1S/C14H13BrFN/c15-12-3-1-2-11(9-12)14(17)8-10-4-6-13(16)7-5-10/h1-7,9,14H,8,17H2. The zero-order valence-electron chi connectivity index (χ0n) is 9.24. The van der Waals surface area contributed by atoms with Crippen LogP contribution in [-0.2, 0) is 6.42 Å². The van der Waals surface area contributed by atoms with Gasteiger partial charge in [-0.1, -0.05) is 40.2 Å². The summed E-state index contributed by atoms with van der Waals surface area (Å²) in [5.41, 5.74) is 8.23. The van der Waals surface area contributed by atoms with Crippen molar-refractivity contribution in [2.45, 2.75) is 12.5 Å². The van der Waals surface area contributed by atoms with Gasteiger partial charge in [0.05, 0.1) is 0 Å². The van der Waals surface area contributed by atoms with Crippen LogP contribution in [-0.4, -0.2) is 0 Å². The molecule has 2 aromatic carbocycles. The summed E-state index contributed by atoms with van der Waals surface area (Å²) in [6, 6.07) is 14.3. The molecule has 0 amide bonds. The summed E-state index contributed by atoms with van der Waals surface area (Å²) < 4.78 is 13.8. The summed E-state index contributed by atoms with van der Waals surface area (Å²) >= 11 is 3.42. The Kier molecular flexibility index (Phi) is 3.92. The Bertz CT molecular complexity index is 496. The van der Waals surface area contributed by atoms with E-state index in [0.29, 0.717) is 6.42 Å². The summed E-state index contributed by atoms with van der Waals surface area (Å²) in [7, 11) is 0. The fraction of sp³-hybridized carbons (Fsp3) is 0.143. The van der Waals surface area contributed by atoms with E-state index in [0.717, 1.165) is 15.6 Å². The number of halogens is 2. The third-order valence-corrected chi connectivity index (χ3v) is 3.14. The Balaban J connectivity index is 2.11. The van der Waals surface area contributed by atoms with Gasteiger partial charge in [0.1, 0.15) is 5.82 Å². The van der Waals surface area contributed by atoms with Crippen LogP contribution in [0.3, 0.4) is 0 Å². The minimum absolute atomic E-state index is 0.0713. The highest BCUT2D eigenvalue weighted by Gasteiger charge is 2.07. The second-order valence-corrected chi connectivity index (χ2v) is 4.91. The lowest BCUT2D eigenvalue weighted by Crippen LogP contribution is -2.13. The lowest BCUT2D eigenvalue weighted by molar-refractivity contribution is 0.625. The molecule has 0 aromatic heterocycles. The Morgan fingerprint density at radius 3 is 2.47 bits per heavy atom. The van der Waals surface area contributed by atoms with Crippen LogP contribution >= 0.6 is 15.9 Å². The van der Waals surface area contributed by atoms with Gasteiger partial charge in [0.2, 0.25) is 0 Å². The van der Waals surface area contributed by atoms with E-state index in [-0.39, 0.29) is 11.9 Å². The first-order chi connectivity index (χ1) is 8.15. The Morgan fingerprint density at radius 2 is 1.82 bits per heavy atom. The average molecular weight is 294 g/mol. The van der Waals surface area contributed by atoms with Crippen LogP contribution in [0.1, 0.15) is 17.2 Å². The van der Waals surface area contributed by atoms with Gasteiger partial charge in [-0.15, -0.1) is 0 Å². The molecule has 2 aromatic rings. The molecule has 0 saturated carbocycles. The molecule has 88 valence electrons. The molecule has 2 rings (SSSR count). The van der Waals surface area contributed by atoms with E-state index in [1.54, 1.807) is 12.1 Å². The first-order valence-electron chi connectivity index (χ1n) is 5.40. The predicted octanol–water partition coefficient (Wildman–Crippen LogP) is 3.83. The minimum atomic E-state index is -0.218. The molecule has 0 aliphatic heterocycles. The molecule has 17 heavy (non-hydrogen) atoms. The first-order valence-corrected chi connectivity index (χ1v) is 6.20. The lowest BCUT2D eigenvalue weighted by Gasteiger charge is -2.12. The van der Waals surface area contributed by atoms with Crippen molar-refractivity contribution in [3.63, 3.8) is 0 Å². The molecule has 1 atom stereocenters. The van der Waals surface area contributed by atoms with Crippen LogP contribution < -0.4 is 5.73 Å². The van der Waals surface area contributed by atoms with Gasteiger partial charge in [0.15, 0.2) is 0 Å². The number of hydrogen-bond acceptors (Lipinski definition) is 1. The monoisotopic (exact) mass is 293 g/mol. The molecule has 0 aliphatic carbocycles. The fourth-order valence-electron chi connectivity index (χ4n) is 1.73. The normalized spacial score (nSPS) is 12.4. The van der Waals surface area contributed by atoms with Crippen LogP contribution in [0.5, 0.6) is 0 Å². The largest absolute Gasteiger partial charge is 0.324 e. The smallest absolute Gasteiger partial charge is 0.123 e. The molecule has 0 heterocycles. The maximum Gasteiger partial charge on any atom is 0.123 e. The molecule has 0 fully saturated rings. The number of benzene rings is 2. The van der Waals surface area contributed by atoms with E-state index >= 15 is 0 Å².